The molecule has 0 saturated heterocycles. The maximum absolute atomic E-state index is 13.0. The van der Waals surface area contributed by atoms with Gasteiger partial charge < -0.3 is 4.74 Å². The molecule has 0 spiro atoms. The molecule has 0 bridgehead atoms. The van der Waals surface area contributed by atoms with E-state index in [2.05, 4.69) is 0 Å². The summed E-state index contributed by atoms with van der Waals surface area (Å²) < 4.78 is 32.5. The number of methoxy groups -OCH3 is 1. The number of rotatable bonds is 5. The predicted octanol–water partition coefficient (Wildman–Crippen LogP) is 0.785. The third kappa shape index (κ3) is 3.66. The second kappa shape index (κ2) is 7.88. The number of aromatic nitrogens is 2. The van der Waals surface area contributed by atoms with Crippen LogP contribution in [-0.2, 0) is 28.4 Å². The first-order valence-corrected chi connectivity index (χ1v) is 10.4. The van der Waals surface area contributed by atoms with Crippen LogP contribution in [0, 0.1) is 0 Å². The maximum atomic E-state index is 13.0. The van der Waals surface area contributed by atoms with E-state index in [1.165, 1.54) is 63.2 Å². The van der Waals surface area contributed by atoms with Crippen LogP contribution in [0.2, 0.25) is 0 Å². The number of ether oxygens (including phenoxy) is 1. The fourth-order valence-corrected chi connectivity index (χ4v) is 3.96. The van der Waals surface area contributed by atoms with Crippen molar-refractivity contribution in [3.8, 4) is 0 Å². The molecule has 1 heterocycles. The Balaban J connectivity index is 2.09. The molecule has 0 atom stereocenters. The van der Waals surface area contributed by atoms with Crippen molar-refractivity contribution >= 4 is 26.9 Å². The molecule has 0 N–H and O–H groups in total. The van der Waals surface area contributed by atoms with Gasteiger partial charge in [-0.15, -0.1) is 0 Å². The molecule has 0 aliphatic rings. The van der Waals surface area contributed by atoms with Crippen LogP contribution in [0.25, 0.3) is 10.9 Å². The Labute approximate surface area is 172 Å². The van der Waals surface area contributed by atoms with E-state index in [1.54, 1.807) is 12.1 Å². The number of benzene rings is 2. The zero-order chi connectivity index (χ0) is 22.2. The van der Waals surface area contributed by atoms with Crippen molar-refractivity contribution in [2.75, 3.05) is 21.2 Å². The molecule has 0 saturated carbocycles. The molecule has 3 rings (SSSR count). The zero-order valence-electron chi connectivity index (χ0n) is 16.9. The minimum atomic E-state index is -3.58. The van der Waals surface area contributed by atoms with E-state index in [-0.39, 0.29) is 22.4 Å². The highest BCUT2D eigenvalue weighted by Gasteiger charge is 2.18. The van der Waals surface area contributed by atoms with Crippen LogP contribution in [0.3, 0.4) is 0 Å². The van der Waals surface area contributed by atoms with Gasteiger partial charge in [-0.05, 0) is 35.9 Å². The van der Waals surface area contributed by atoms with Crippen molar-refractivity contribution in [1.29, 1.82) is 0 Å². The second-order valence-corrected chi connectivity index (χ2v) is 9.04. The van der Waals surface area contributed by atoms with Crippen LogP contribution in [0.5, 0.6) is 0 Å². The van der Waals surface area contributed by atoms with Crippen molar-refractivity contribution < 1.29 is 17.9 Å². The molecule has 30 heavy (non-hydrogen) atoms. The summed E-state index contributed by atoms with van der Waals surface area (Å²) in [7, 11) is 2.07. The smallest absolute Gasteiger partial charge is 0.337 e. The molecule has 0 fully saturated rings. The van der Waals surface area contributed by atoms with Gasteiger partial charge in [0.1, 0.15) is 0 Å². The number of carbonyl (C=O) groups is 1. The first kappa shape index (κ1) is 21.5. The lowest BCUT2D eigenvalue weighted by Gasteiger charge is -2.13. The third-order valence-electron chi connectivity index (χ3n) is 4.82. The minimum Gasteiger partial charge on any atom is -0.465 e. The van der Waals surface area contributed by atoms with Crippen molar-refractivity contribution in [1.82, 2.24) is 13.4 Å². The molecular weight excluding hydrogens is 410 g/mol. The first-order valence-electron chi connectivity index (χ1n) is 8.91. The van der Waals surface area contributed by atoms with Crippen molar-refractivity contribution in [3.05, 3.63) is 74.4 Å². The monoisotopic (exact) mass is 431 g/mol. The summed E-state index contributed by atoms with van der Waals surface area (Å²) in [5.41, 5.74) is 0.0920. The molecule has 0 aliphatic carbocycles. The number of sulfonamides is 1. The molecule has 3 aromatic rings. The van der Waals surface area contributed by atoms with Crippen molar-refractivity contribution in [3.63, 3.8) is 0 Å². The Hall–Kier alpha value is -3.24. The summed E-state index contributed by atoms with van der Waals surface area (Å²) >= 11 is 0. The highest BCUT2D eigenvalue weighted by atomic mass is 32.2. The normalized spacial score (nSPS) is 11.8. The Morgan fingerprint density at radius 1 is 1.07 bits per heavy atom. The van der Waals surface area contributed by atoms with Crippen LogP contribution in [0.15, 0.2) is 56.9 Å². The molecule has 0 radical (unpaired) electrons. The van der Waals surface area contributed by atoms with Crippen LogP contribution >= 0.6 is 0 Å². The fourth-order valence-electron chi connectivity index (χ4n) is 3.06. The summed E-state index contributed by atoms with van der Waals surface area (Å²) in [6, 6.07) is 10.4. The average Bonchev–Trinajstić information content (AvgIpc) is 2.74. The lowest BCUT2D eigenvalue weighted by Crippen LogP contribution is -2.39. The first-order chi connectivity index (χ1) is 14.1. The number of hydrogen-bond donors (Lipinski definition) is 0. The van der Waals surface area contributed by atoms with Gasteiger partial charge >= 0.3 is 11.7 Å². The van der Waals surface area contributed by atoms with Gasteiger partial charge in [0.05, 0.1) is 35.0 Å². The van der Waals surface area contributed by atoms with Crippen LogP contribution in [0.1, 0.15) is 15.9 Å². The van der Waals surface area contributed by atoms with Gasteiger partial charge in [-0.25, -0.2) is 22.3 Å². The summed E-state index contributed by atoms with van der Waals surface area (Å²) in [5, 5.41) is 0.201. The van der Waals surface area contributed by atoms with Gasteiger partial charge in [0.15, 0.2) is 0 Å². The maximum Gasteiger partial charge on any atom is 0.337 e. The summed E-state index contributed by atoms with van der Waals surface area (Å²) in [6.07, 6.45) is 0. The Morgan fingerprint density at radius 2 is 1.70 bits per heavy atom. The van der Waals surface area contributed by atoms with Crippen molar-refractivity contribution in [2.24, 2.45) is 7.05 Å². The Kier molecular flexibility index (Phi) is 5.64. The van der Waals surface area contributed by atoms with Gasteiger partial charge in [-0.3, -0.25) is 13.9 Å². The van der Waals surface area contributed by atoms with Gasteiger partial charge in [0.2, 0.25) is 10.0 Å². The molecule has 9 nitrogen and oxygen atoms in total. The van der Waals surface area contributed by atoms with Gasteiger partial charge in [0.25, 0.3) is 5.56 Å². The molecule has 10 heteroatoms. The number of carbonyl (C=O) groups excluding carboxylic acids is 1. The highest BCUT2D eigenvalue weighted by molar-refractivity contribution is 7.89. The number of fused-ring (bicyclic) bond motifs is 1. The van der Waals surface area contributed by atoms with Gasteiger partial charge in [-0.2, -0.15) is 0 Å². The lowest BCUT2D eigenvalue weighted by atomic mass is 10.1. The van der Waals surface area contributed by atoms with E-state index in [9.17, 15) is 22.8 Å². The number of nitrogens with zero attached hydrogens (tertiary/aromatic N) is 3. The van der Waals surface area contributed by atoms with Crippen LogP contribution < -0.4 is 11.2 Å². The standard InChI is InChI=1S/C20H21N3O6S/c1-21(2)30(27,28)15-8-5-13(6-9-15)12-23-18(24)16-11-14(19(25)29-4)7-10-17(16)22(3)20(23)26/h5-11H,12H2,1-4H3. The van der Waals surface area contributed by atoms with E-state index in [0.29, 0.717) is 11.1 Å². The average molecular weight is 431 g/mol. The Morgan fingerprint density at radius 3 is 2.27 bits per heavy atom. The lowest BCUT2D eigenvalue weighted by molar-refractivity contribution is 0.0601. The van der Waals surface area contributed by atoms with E-state index >= 15 is 0 Å². The van der Waals surface area contributed by atoms with Crippen LogP contribution in [0.4, 0.5) is 0 Å². The second-order valence-electron chi connectivity index (χ2n) is 6.89. The van der Waals surface area contributed by atoms with Gasteiger partial charge in [0, 0.05) is 21.1 Å². The zero-order valence-corrected chi connectivity index (χ0v) is 17.8. The fraction of sp³-hybridized carbons (Fsp3) is 0.250. The molecule has 2 aromatic carbocycles. The number of hydrogen-bond acceptors (Lipinski definition) is 6. The quantitative estimate of drug-likeness (QED) is 0.553. The summed E-state index contributed by atoms with van der Waals surface area (Å²) in [5.74, 6) is -0.589. The molecule has 1 aromatic heterocycles. The van der Waals surface area contributed by atoms with Gasteiger partial charge in [-0.1, -0.05) is 12.1 Å². The number of esters is 1. The van der Waals surface area contributed by atoms with E-state index in [4.69, 9.17) is 4.74 Å². The minimum absolute atomic E-state index is 0.0494. The molecule has 0 amide bonds. The van der Waals surface area contributed by atoms with Crippen LogP contribution in [-0.4, -0.2) is 49.0 Å². The topological polar surface area (TPSA) is 108 Å². The summed E-state index contributed by atoms with van der Waals surface area (Å²) in [4.78, 5) is 37.6. The number of aryl methyl sites for hydroxylation is 1. The van der Waals surface area contributed by atoms with E-state index in [1.807, 2.05) is 0 Å². The van der Waals surface area contributed by atoms with E-state index in [0.717, 1.165) is 8.87 Å². The predicted molar refractivity (Wildman–Crippen MR) is 111 cm³/mol. The molecular formula is C20H21N3O6S. The van der Waals surface area contributed by atoms with E-state index < -0.39 is 27.2 Å². The summed E-state index contributed by atoms with van der Waals surface area (Å²) in [6.45, 7) is -0.0494. The highest BCUT2D eigenvalue weighted by Crippen LogP contribution is 2.15. The Bertz CT molecular complexity index is 1350. The molecule has 0 aliphatic heterocycles. The van der Waals surface area contributed by atoms with Crippen molar-refractivity contribution in [2.45, 2.75) is 11.4 Å². The molecule has 158 valence electrons. The SMILES string of the molecule is COC(=O)c1ccc2c(c1)c(=O)n(Cc1ccc(S(=O)(=O)N(C)C)cc1)c(=O)n2C. The third-order valence-corrected chi connectivity index (χ3v) is 6.64. The molecule has 0 unspecified atom stereocenters. The largest absolute Gasteiger partial charge is 0.465 e.